The van der Waals surface area contributed by atoms with Gasteiger partial charge >= 0.3 is 0 Å². The summed E-state index contributed by atoms with van der Waals surface area (Å²) in [5.41, 5.74) is 16.8. The van der Waals surface area contributed by atoms with Crippen LogP contribution in [-0.2, 0) is 21.7 Å². The number of hydrogen-bond acceptors (Lipinski definition) is 4. The monoisotopic (exact) mass is 368 g/mol. The van der Waals surface area contributed by atoms with E-state index in [2.05, 4.69) is 26.2 Å². The van der Waals surface area contributed by atoms with Crippen molar-refractivity contribution in [3.63, 3.8) is 0 Å². The maximum atomic E-state index is 6.26. The first-order valence-electron chi connectivity index (χ1n) is 8.88. The Hall–Kier alpha value is -0.826. The van der Waals surface area contributed by atoms with Gasteiger partial charge in [-0.05, 0) is 87.2 Å². The van der Waals surface area contributed by atoms with Crippen molar-refractivity contribution in [3.8, 4) is 0 Å². The van der Waals surface area contributed by atoms with Crippen molar-refractivity contribution in [2.24, 2.45) is 0 Å². The summed E-state index contributed by atoms with van der Waals surface area (Å²) in [6, 6.07) is 6.17. The van der Waals surface area contributed by atoms with E-state index < -0.39 is 16.6 Å². The van der Waals surface area contributed by atoms with Gasteiger partial charge in [-0.3, -0.25) is 0 Å². The van der Waals surface area contributed by atoms with Crippen molar-refractivity contribution in [2.75, 3.05) is 25.7 Å². The fraction of sp³-hybridized carbons (Fsp3) is 0.667. The van der Waals surface area contributed by atoms with Gasteiger partial charge in [0.1, 0.15) is 0 Å². The maximum absolute atomic E-state index is 6.26. The quantitative estimate of drug-likeness (QED) is 0.474. The van der Waals surface area contributed by atoms with Gasteiger partial charge in [0.05, 0.1) is 0 Å². The van der Waals surface area contributed by atoms with Crippen molar-refractivity contribution in [2.45, 2.75) is 64.0 Å². The van der Waals surface area contributed by atoms with Gasteiger partial charge in [-0.25, -0.2) is 0 Å². The third-order valence-electron chi connectivity index (χ3n) is 5.02. The Morgan fingerprint density at radius 1 is 0.750 bits per heavy atom. The largest absolute Gasteiger partial charge is 0.420 e. The first kappa shape index (κ1) is 21.2. The molecule has 0 heterocycles. The lowest BCUT2D eigenvalue weighted by molar-refractivity contribution is 0.401. The fourth-order valence-electron chi connectivity index (χ4n) is 2.91. The van der Waals surface area contributed by atoms with Gasteiger partial charge in [-0.1, -0.05) is 0 Å². The Bertz CT molecular complexity index is 487. The van der Waals surface area contributed by atoms with Crippen molar-refractivity contribution in [1.82, 2.24) is 0 Å². The maximum Gasteiger partial charge on any atom is 0.186 e. The van der Waals surface area contributed by atoms with Gasteiger partial charge in [0.2, 0.25) is 0 Å². The highest BCUT2D eigenvalue weighted by molar-refractivity contribution is 6.71. The standard InChI is InChI=1S/C18H36N2O2Si2/c1-21-23(3,4)13-7-9-15-16(18(20)12-11-17(15)19)10-8-14-24(5,6)22-2/h11-12H,7-10,13-14,19-20H2,1-6H3. The van der Waals surface area contributed by atoms with E-state index in [0.717, 1.165) is 49.1 Å². The van der Waals surface area contributed by atoms with Crippen molar-refractivity contribution in [3.05, 3.63) is 23.3 Å². The molecule has 0 spiro atoms. The summed E-state index contributed by atoms with van der Waals surface area (Å²) < 4.78 is 11.3. The first-order valence-corrected chi connectivity index (χ1v) is 15.1. The molecule has 0 aromatic heterocycles. The van der Waals surface area contributed by atoms with Crippen LogP contribution >= 0.6 is 0 Å². The predicted molar refractivity (Wildman–Crippen MR) is 111 cm³/mol. The molecule has 0 radical (unpaired) electrons. The van der Waals surface area contributed by atoms with E-state index >= 15 is 0 Å². The second-order valence-corrected chi connectivity index (χ2v) is 16.7. The lowest BCUT2D eigenvalue weighted by Crippen LogP contribution is -2.28. The molecule has 0 atom stereocenters. The van der Waals surface area contributed by atoms with Crippen molar-refractivity contribution >= 4 is 28.0 Å². The van der Waals surface area contributed by atoms with Gasteiger partial charge < -0.3 is 20.3 Å². The van der Waals surface area contributed by atoms with Crippen LogP contribution in [0.2, 0.25) is 38.3 Å². The minimum Gasteiger partial charge on any atom is -0.420 e. The number of hydrogen-bond donors (Lipinski definition) is 2. The molecule has 0 saturated carbocycles. The summed E-state index contributed by atoms with van der Waals surface area (Å²) in [5, 5.41) is 0. The average molecular weight is 369 g/mol. The molecule has 0 saturated heterocycles. The highest BCUT2D eigenvalue weighted by Crippen LogP contribution is 2.28. The second-order valence-electron chi connectivity index (χ2n) is 7.84. The molecule has 0 fully saturated rings. The van der Waals surface area contributed by atoms with Gasteiger partial charge in [-0.2, -0.15) is 0 Å². The normalized spacial score (nSPS) is 12.6. The summed E-state index contributed by atoms with van der Waals surface area (Å²) in [5.74, 6) is 0. The van der Waals surface area contributed by atoms with E-state index in [-0.39, 0.29) is 0 Å². The molecule has 0 aliphatic carbocycles. The Morgan fingerprint density at radius 2 is 1.08 bits per heavy atom. The van der Waals surface area contributed by atoms with Gasteiger partial charge in [0.25, 0.3) is 0 Å². The molecule has 0 amide bonds. The van der Waals surface area contributed by atoms with E-state index in [4.69, 9.17) is 20.3 Å². The van der Waals surface area contributed by atoms with Gasteiger partial charge in [-0.15, -0.1) is 0 Å². The highest BCUT2D eigenvalue weighted by atomic mass is 28.4. The highest BCUT2D eigenvalue weighted by Gasteiger charge is 2.22. The number of nitrogens with two attached hydrogens (primary N) is 2. The Labute approximate surface area is 150 Å². The van der Waals surface area contributed by atoms with E-state index in [1.54, 1.807) is 0 Å². The number of nitrogen functional groups attached to an aromatic ring is 2. The zero-order valence-electron chi connectivity index (χ0n) is 16.4. The number of anilines is 2. The average Bonchev–Trinajstić information content (AvgIpc) is 2.52. The number of benzene rings is 1. The van der Waals surface area contributed by atoms with Crippen LogP contribution in [-0.4, -0.2) is 30.9 Å². The van der Waals surface area contributed by atoms with Crippen LogP contribution in [0.25, 0.3) is 0 Å². The Balaban J connectivity index is 2.78. The van der Waals surface area contributed by atoms with Crippen LogP contribution in [0, 0.1) is 0 Å². The van der Waals surface area contributed by atoms with Crippen LogP contribution in [0.5, 0.6) is 0 Å². The number of rotatable bonds is 10. The minimum absolute atomic E-state index is 0.874. The third kappa shape index (κ3) is 6.59. The molecule has 0 unspecified atom stereocenters. The molecule has 6 heteroatoms. The van der Waals surface area contributed by atoms with Crippen LogP contribution in [0.3, 0.4) is 0 Å². The van der Waals surface area contributed by atoms with E-state index in [9.17, 15) is 0 Å². The smallest absolute Gasteiger partial charge is 0.186 e. The Morgan fingerprint density at radius 3 is 1.38 bits per heavy atom. The molecule has 4 N–H and O–H groups in total. The molecule has 4 nitrogen and oxygen atoms in total. The van der Waals surface area contributed by atoms with Crippen LogP contribution in [0.1, 0.15) is 24.0 Å². The predicted octanol–water partition coefficient (Wildman–Crippen LogP) is 4.42. The van der Waals surface area contributed by atoms with Crippen molar-refractivity contribution in [1.29, 1.82) is 0 Å². The van der Waals surface area contributed by atoms with E-state index in [0.29, 0.717) is 0 Å². The summed E-state index contributed by atoms with van der Waals surface area (Å²) >= 11 is 0. The molecular formula is C18H36N2O2Si2. The molecule has 1 aromatic carbocycles. The SMILES string of the molecule is CO[Si](C)(C)CCCc1c(N)ccc(N)c1CCC[Si](C)(C)OC. The molecule has 0 aliphatic heterocycles. The summed E-state index contributed by atoms with van der Waals surface area (Å²) in [4.78, 5) is 0. The van der Waals surface area contributed by atoms with E-state index in [1.807, 2.05) is 26.4 Å². The molecule has 1 rings (SSSR count). The van der Waals surface area contributed by atoms with Crippen LogP contribution in [0.15, 0.2) is 12.1 Å². The summed E-state index contributed by atoms with van der Waals surface area (Å²) in [6.07, 6.45) is 4.17. The van der Waals surface area contributed by atoms with Crippen LogP contribution in [0.4, 0.5) is 11.4 Å². The Kier molecular flexibility index (Phi) is 7.99. The zero-order valence-corrected chi connectivity index (χ0v) is 18.4. The minimum atomic E-state index is -1.52. The van der Waals surface area contributed by atoms with Crippen LogP contribution < -0.4 is 11.5 Å². The van der Waals surface area contributed by atoms with E-state index in [1.165, 1.54) is 11.1 Å². The molecule has 0 aliphatic rings. The third-order valence-corrected chi connectivity index (χ3v) is 10.3. The summed E-state index contributed by atoms with van der Waals surface area (Å²) in [6.45, 7) is 9.03. The zero-order chi connectivity index (χ0) is 18.4. The molecular weight excluding hydrogens is 332 g/mol. The molecule has 24 heavy (non-hydrogen) atoms. The summed E-state index contributed by atoms with van der Waals surface area (Å²) in [7, 11) is 0.619. The van der Waals surface area contributed by atoms with Gasteiger partial charge in [0.15, 0.2) is 16.6 Å². The van der Waals surface area contributed by atoms with Gasteiger partial charge in [0, 0.05) is 25.6 Å². The first-order chi connectivity index (χ1) is 11.1. The second kappa shape index (κ2) is 9.03. The topological polar surface area (TPSA) is 70.5 Å². The van der Waals surface area contributed by atoms with Crippen molar-refractivity contribution < 1.29 is 8.85 Å². The lowest BCUT2D eigenvalue weighted by Gasteiger charge is -2.22. The lowest BCUT2D eigenvalue weighted by atomic mass is 9.96. The molecule has 138 valence electrons. The fourth-order valence-corrected chi connectivity index (χ4v) is 5.37. The molecule has 0 bridgehead atoms. The molecule has 1 aromatic rings.